The first kappa shape index (κ1) is 14.9. The Bertz CT molecular complexity index is 566. The van der Waals surface area contributed by atoms with Gasteiger partial charge >= 0.3 is 5.97 Å². The third kappa shape index (κ3) is 4.53. The summed E-state index contributed by atoms with van der Waals surface area (Å²) in [6.07, 6.45) is 0. The van der Waals surface area contributed by atoms with Crippen LogP contribution in [0.25, 0.3) is 0 Å². The first-order valence-electron chi connectivity index (χ1n) is 6.83. The van der Waals surface area contributed by atoms with Crippen LogP contribution in [0, 0.1) is 5.92 Å². The number of carbonyl (C=O) groups is 1. The number of methoxy groups -OCH3 is 1. The number of hydrogen-bond acceptors (Lipinski definition) is 4. The van der Waals surface area contributed by atoms with Crippen LogP contribution in [0.3, 0.4) is 0 Å². The zero-order chi connectivity index (χ0) is 15.1. The van der Waals surface area contributed by atoms with Gasteiger partial charge < -0.3 is 14.8 Å². The summed E-state index contributed by atoms with van der Waals surface area (Å²) in [5.74, 6) is 1.17. The third-order valence-electron chi connectivity index (χ3n) is 3.05. The summed E-state index contributed by atoms with van der Waals surface area (Å²) in [4.78, 5) is 11.3. The summed E-state index contributed by atoms with van der Waals surface area (Å²) in [7, 11) is 1.40. The van der Waals surface area contributed by atoms with Crippen LogP contribution in [0.2, 0.25) is 0 Å². The van der Waals surface area contributed by atoms with Gasteiger partial charge in [-0.15, -0.1) is 0 Å². The topological polar surface area (TPSA) is 47.6 Å². The molecule has 2 aromatic rings. The van der Waals surface area contributed by atoms with Gasteiger partial charge in [0.05, 0.1) is 13.0 Å². The van der Waals surface area contributed by atoms with E-state index in [9.17, 15) is 4.79 Å². The summed E-state index contributed by atoms with van der Waals surface area (Å²) in [5.41, 5.74) is 0.936. The van der Waals surface area contributed by atoms with E-state index in [2.05, 4.69) is 10.1 Å². The van der Waals surface area contributed by atoms with Crippen LogP contribution in [0.5, 0.6) is 11.5 Å². The molecular formula is C17H19NO3. The second kappa shape index (κ2) is 7.33. The average Bonchev–Trinajstić information content (AvgIpc) is 2.54. The lowest BCUT2D eigenvalue weighted by molar-refractivity contribution is -0.144. The highest BCUT2D eigenvalue weighted by Gasteiger charge is 2.12. The van der Waals surface area contributed by atoms with Gasteiger partial charge in [0, 0.05) is 12.2 Å². The third-order valence-corrected chi connectivity index (χ3v) is 3.05. The lowest BCUT2D eigenvalue weighted by Gasteiger charge is -2.12. The summed E-state index contributed by atoms with van der Waals surface area (Å²) in [6, 6.07) is 17.2. The predicted octanol–water partition coefficient (Wildman–Crippen LogP) is 3.70. The lowest BCUT2D eigenvalue weighted by Crippen LogP contribution is -2.21. The number of para-hydroxylation sites is 1. The Hall–Kier alpha value is -2.49. The zero-order valence-corrected chi connectivity index (χ0v) is 12.2. The molecule has 4 heteroatoms. The van der Waals surface area contributed by atoms with Crippen LogP contribution in [0.1, 0.15) is 6.92 Å². The number of nitrogens with one attached hydrogen (secondary N) is 1. The standard InChI is InChI=1S/C17H19NO3/c1-13(17(19)20-2)12-18-14-8-10-16(11-9-14)21-15-6-4-3-5-7-15/h3-11,13,18H,12H2,1-2H3. The Morgan fingerprint density at radius 3 is 2.29 bits per heavy atom. The monoisotopic (exact) mass is 285 g/mol. The zero-order valence-electron chi connectivity index (χ0n) is 12.2. The second-order valence-corrected chi connectivity index (χ2v) is 4.74. The predicted molar refractivity (Wildman–Crippen MR) is 82.6 cm³/mol. The minimum Gasteiger partial charge on any atom is -0.469 e. The number of esters is 1. The highest BCUT2D eigenvalue weighted by Crippen LogP contribution is 2.22. The van der Waals surface area contributed by atoms with E-state index in [0.717, 1.165) is 17.2 Å². The fourth-order valence-corrected chi connectivity index (χ4v) is 1.82. The van der Waals surface area contributed by atoms with E-state index in [4.69, 9.17) is 4.74 Å². The van der Waals surface area contributed by atoms with E-state index < -0.39 is 0 Å². The molecule has 1 unspecified atom stereocenters. The van der Waals surface area contributed by atoms with Gasteiger partial charge in [-0.2, -0.15) is 0 Å². The Morgan fingerprint density at radius 2 is 1.67 bits per heavy atom. The summed E-state index contributed by atoms with van der Waals surface area (Å²) >= 11 is 0. The molecule has 2 aromatic carbocycles. The second-order valence-electron chi connectivity index (χ2n) is 4.74. The van der Waals surface area contributed by atoms with Crippen molar-refractivity contribution in [2.24, 2.45) is 5.92 Å². The van der Waals surface area contributed by atoms with Crippen molar-refractivity contribution in [2.75, 3.05) is 19.0 Å². The van der Waals surface area contributed by atoms with Crippen molar-refractivity contribution in [3.63, 3.8) is 0 Å². The first-order chi connectivity index (χ1) is 10.2. The first-order valence-corrected chi connectivity index (χ1v) is 6.83. The number of carbonyl (C=O) groups excluding carboxylic acids is 1. The van der Waals surface area contributed by atoms with Crippen LogP contribution < -0.4 is 10.1 Å². The summed E-state index contributed by atoms with van der Waals surface area (Å²) in [6.45, 7) is 2.36. The molecule has 0 bridgehead atoms. The SMILES string of the molecule is COC(=O)C(C)CNc1ccc(Oc2ccccc2)cc1. The number of ether oxygens (including phenoxy) is 2. The van der Waals surface area contributed by atoms with Gasteiger partial charge in [0.2, 0.25) is 0 Å². The molecule has 0 heterocycles. The highest BCUT2D eigenvalue weighted by molar-refractivity contribution is 5.72. The van der Waals surface area contributed by atoms with Crippen LogP contribution in [-0.2, 0) is 9.53 Å². The van der Waals surface area contributed by atoms with E-state index in [1.165, 1.54) is 7.11 Å². The van der Waals surface area contributed by atoms with Gasteiger partial charge in [-0.25, -0.2) is 0 Å². The van der Waals surface area contributed by atoms with Gasteiger partial charge in [-0.05, 0) is 36.4 Å². The van der Waals surface area contributed by atoms with Crippen molar-refractivity contribution >= 4 is 11.7 Å². The molecule has 0 aromatic heterocycles. The number of rotatable bonds is 6. The van der Waals surface area contributed by atoms with Crippen molar-refractivity contribution in [2.45, 2.75) is 6.92 Å². The minimum atomic E-state index is -0.216. The van der Waals surface area contributed by atoms with Crippen molar-refractivity contribution < 1.29 is 14.3 Å². The molecule has 0 fully saturated rings. The maximum absolute atomic E-state index is 11.3. The van der Waals surface area contributed by atoms with Crippen molar-refractivity contribution in [1.29, 1.82) is 0 Å². The Kier molecular flexibility index (Phi) is 5.21. The molecule has 2 rings (SSSR count). The smallest absolute Gasteiger partial charge is 0.310 e. The summed E-state index contributed by atoms with van der Waals surface area (Å²) in [5, 5.41) is 3.19. The van der Waals surface area contributed by atoms with Gasteiger partial charge in [-0.3, -0.25) is 4.79 Å². The van der Waals surface area contributed by atoms with Crippen LogP contribution >= 0.6 is 0 Å². The molecule has 0 amide bonds. The molecular weight excluding hydrogens is 266 g/mol. The van der Waals surface area contributed by atoms with Gasteiger partial charge in [0.25, 0.3) is 0 Å². The van der Waals surface area contributed by atoms with Crippen molar-refractivity contribution in [3.05, 3.63) is 54.6 Å². The van der Waals surface area contributed by atoms with Gasteiger partial charge in [0.15, 0.2) is 0 Å². The molecule has 0 spiro atoms. The molecule has 0 saturated carbocycles. The van der Waals surface area contributed by atoms with E-state index in [1.54, 1.807) is 0 Å². The highest BCUT2D eigenvalue weighted by atomic mass is 16.5. The van der Waals surface area contributed by atoms with Crippen molar-refractivity contribution in [3.8, 4) is 11.5 Å². The largest absolute Gasteiger partial charge is 0.469 e. The Balaban J connectivity index is 1.89. The molecule has 0 radical (unpaired) electrons. The Morgan fingerprint density at radius 1 is 1.05 bits per heavy atom. The van der Waals surface area contributed by atoms with E-state index in [1.807, 2.05) is 61.5 Å². The lowest BCUT2D eigenvalue weighted by atomic mass is 10.2. The molecule has 0 aliphatic carbocycles. The molecule has 0 aliphatic heterocycles. The van der Waals surface area contributed by atoms with Gasteiger partial charge in [-0.1, -0.05) is 25.1 Å². The van der Waals surface area contributed by atoms with E-state index in [0.29, 0.717) is 6.54 Å². The summed E-state index contributed by atoms with van der Waals surface area (Å²) < 4.78 is 10.4. The normalized spacial score (nSPS) is 11.5. The van der Waals surface area contributed by atoms with E-state index >= 15 is 0 Å². The number of benzene rings is 2. The number of anilines is 1. The molecule has 21 heavy (non-hydrogen) atoms. The molecule has 110 valence electrons. The average molecular weight is 285 g/mol. The maximum atomic E-state index is 11.3. The molecule has 0 saturated heterocycles. The van der Waals surface area contributed by atoms with Crippen LogP contribution in [0.15, 0.2) is 54.6 Å². The van der Waals surface area contributed by atoms with Gasteiger partial charge in [0.1, 0.15) is 11.5 Å². The van der Waals surface area contributed by atoms with Crippen LogP contribution in [0.4, 0.5) is 5.69 Å². The molecule has 1 N–H and O–H groups in total. The van der Waals surface area contributed by atoms with Crippen LogP contribution in [-0.4, -0.2) is 19.6 Å². The molecule has 1 atom stereocenters. The molecule has 4 nitrogen and oxygen atoms in total. The fraction of sp³-hybridized carbons (Fsp3) is 0.235. The maximum Gasteiger partial charge on any atom is 0.310 e. The van der Waals surface area contributed by atoms with E-state index in [-0.39, 0.29) is 11.9 Å². The quantitative estimate of drug-likeness (QED) is 0.822. The fourth-order valence-electron chi connectivity index (χ4n) is 1.82. The molecule has 0 aliphatic rings. The Labute approximate surface area is 124 Å². The number of hydrogen-bond donors (Lipinski definition) is 1. The minimum absolute atomic E-state index is 0.185. The van der Waals surface area contributed by atoms with Crippen molar-refractivity contribution in [1.82, 2.24) is 0 Å².